The van der Waals surface area contributed by atoms with Crippen LogP contribution in [0.25, 0.3) is 0 Å². The van der Waals surface area contributed by atoms with Crippen LogP contribution < -0.4 is 27.0 Å². The normalized spacial score (nSPS) is 13.6. The number of carboxylic acid groups (broad SMARTS) is 1. The van der Waals surface area contributed by atoms with E-state index in [1.807, 2.05) is 0 Å². The first-order chi connectivity index (χ1) is 24.2. The van der Waals surface area contributed by atoms with Gasteiger partial charge in [0.2, 0.25) is 17.7 Å². The van der Waals surface area contributed by atoms with Gasteiger partial charge in [0.25, 0.3) is 10.1 Å². The van der Waals surface area contributed by atoms with Gasteiger partial charge < -0.3 is 36.8 Å². The highest BCUT2D eigenvalue weighted by atomic mass is 33.1. The number of likely N-dealkylation sites (N-methyl/N-ethyl adjacent to an activating group) is 1. The lowest BCUT2D eigenvalue weighted by Gasteiger charge is -2.26. The Labute approximate surface area is 310 Å². The number of unbranched alkanes of at least 4 members (excludes halogenated alkanes) is 1. The van der Waals surface area contributed by atoms with Crippen LogP contribution in [0.2, 0.25) is 0 Å². The van der Waals surface area contributed by atoms with Crippen LogP contribution in [0.1, 0.15) is 51.9 Å². The molecule has 0 saturated heterocycles. The number of nitrogens with zero attached hydrogens (tertiary/aromatic N) is 1. The zero-order valence-corrected chi connectivity index (χ0v) is 31.8. The topological polar surface area (TPSA) is 273 Å². The number of ketones is 1. The maximum absolute atomic E-state index is 13.6. The number of amides is 3. The number of hydrogen-bond donors (Lipinski definition) is 7. The Hall–Kier alpha value is -2.95. The number of ether oxygens (including phenoxy) is 1. The zero-order valence-electron chi connectivity index (χ0n) is 28.5. The molecule has 0 aliphatic carbocycles. The van der Waals surface area contributed by atoms with Crippen LogP contribution in [-0.4, -0.2) is 126 Å². The molecule has 1 aromatic heterocycles. The van der Waals surface area contributed by atoms with Crippen molar-refractivity contribution in [1.29, 1.82) is 0 Å². The average molecular weight is 797 g/mol. The Bertz CT molecular complexity index is 1380. The van der Waals surface area contributed by atoms with Crippen LogP contribution in [-0.2, 0) is 43.6 Å². The van der Waals surface area contributed by atoms with E-state index in [0.29, 0.717) is 24.4 Å². The quantitative estimate of drug-likeness (QED) is 0.0262. The molecule has 8 N–H and O–H groups in total. The summed E-state index contributed by atoms with van der Waals surface area (Å²) in [5.41, 5.74) is 5.62. The third-order valence-corrected chi connectivity index (χ3v) is 11.0. The Morgan fingerprint density at radius 3 is 2.18 bits per heavy atom. The molecule has 0 fully saturated rings. The Kier molecular flexibility index (Phi) is 23.4. The van der Waals surface area contributed by atoms with E-state index >= 15 is 0 Å². The number of esters is 1. The minimum Gasteiger partial charge on any atom is -0.481 e. The number of Topliss-reactive ketones (excluding diaryl/α,β-unsaturated/α-hetero) is 1. The van der Waals surface area contributed by atoms with Crippen molar-refractivity contribution in [3.8, 4) is 0 Å². The van der Waals surface area contributed by atoms with Gasteiger partial charge in [-0.15, -0.1) is 0 Å². The second-order valence-corrected chi connectivity index (χ2v) is 16.2. The van der Waals surface area contributed by atoms with E-state index in [2.05, 4.69) is 26.3 Å². The van der Waals surface area contributed by atoms with Crippen molar-refractivity contribution in [2.24, 2.45) is 5.73 Å². The van der Waals surface area contributed by atoms with Gasteiger partial charge in [-0.1, -0.05) is 16.9 Å². The van der Waals surface area contributed by atoms with E-state index in [1.54, 1.807) is 24.4 Å². The Morgan fingerprint density at radius 2 is 1.57 bits per heavy atom. The van der Waals surface area contributed by atoms with Gasteiger partial charge in [-0.3, -0.25) is 33.3 Å². The summed E-state index contributed by atoms with van der Waals surface area (Å²) in [4.78, 5) is 79.9. The van der Waals surface area contributed by atoms with Crippen LogP contribution in [0.15, 0.2) is 29.4 Å². The van der Waals surface area contributed by atoms with Crippen molar-refractivity contribution in [3.63, 3.8) is 0 Å². The van der Waals surface area contributed by atoms with E-state index < -0.39 is 69.7 Å². The summed E-state index contributed by atoms with van der Waals surface area (Å²) in [5, 5.41) is 20.5. The lowest BCUT2D eigenvalue weighted by molar-refractivity contribution is -0.143. The van der Waals surface area contributed by atoms with Gasteiger partial charge in [-0.25, -0.2) is 4.98 Å². The molecular formula is C30H48N6O11S4. The number of carbonyl (C=O) groups excluding carboxylic acids is 5. The largest absolute Gasteiger partial charge is 0.481 e. The number of carbonyl (C=O) groups is 6. The van der Waals surface area contributed by atoms with Crippen molar-refractivity contribution in [2.75, 3.05) is 43.2 Å². The lowest BCUT2D eigenvalue weighted by atomic mass is 10.1. The van der Waals surface area contributed by atoms with E-state index in [4.69, 9.17) is 20.1 Å². The highest BCUT2D eigenvalue weighted by Crippen LogP contribution is 2.29. The van der Waals surface area contributed by atoms with Gasteiger partial charge in [0, 0.05) is 29.9 Å². The van der Waals surface area contributed by atoms with E-state index in [-0.39, 0.29) is 61.8 Å². The number of carboxylic acids is 1. The molecule has 0 saturated carbocycles. The molecule has 1 heterocycles. The van der Waals surface area contributed by atoms with Crippen molar-refractivity contribution in [1.82, 2.24) is 26.3 Å². The van der Waals surface area contributed by atoms with Gasteiger partial charge in [-0.05, 0) is 75.5 Å². The number of thioether (sulfide) groups is 1. The van der Waals surface area contributed by atoms with Crippen molar-refractivity contribution in [2.45, 2.75) is 81.1 Å². The summed E-state index contributed by atoms with van der Waals surface area (Å²) in [6.45, 7) is 1.46. The highest BCUT2D eigenvalue weighted by molar-refractivity contribution is 8.76. The molecule has 3 amide bonds. The number of nitrogens with one attached hydrogen (secondary N) is 4. The molecule has 1 rings (SSSR count). The standard InChI is InChI=1S/C30H48N6O11S4/c1-20(37)23(18-48-16-12-27(40)47-15-7-17-51(44,45)46)35-30(43)24(19-49-50-25-9-4-6-14-33-25)36-29(42)22(8-3-5-13-31)34-28(41)21(32-2)10-11-26(38)39/h4,6,9,14,21-24,32H,3,5,7-8,10-13,15-19,31H2,1-2H3,(H,34,41)(H,35,43)(H,36,42)(H,38,39)(H,44,45,46). The smallest absolute Gasteiger partial charge is 0.306 e. The van der Waals surface area contributed by atoms with E-state index in [0.717, 1.165) is 0 Å². The molecule has 17 nitrogen and oxygen atoms in total. The van der Waals surface area contributed by atoms with Crippen LogP contribution >= 0.6 is 33.3 Å². The molecule has 0 bridgehead atoms. The number of nitrogens with two attached hydrogens (primary N) is 1. The summed E-state index contributed by atoms with van der Waals surface area (Å²) in [5.74, 6) is -4.07. The number of pyridine rings is 1. The Morgan fingerprint density at radius 1 is 0.902 bits per heavy atom. The molecule has 51 heavy (non-hydrogen) atoms. The van der Waals surface area contributed by atoms with Crippen molar-refractivity contribution < 1.29 is 51.6 Å². The first-order valence-electron chi connectivity index (χ1n) is 16.1. The zero-order chi connectivity index (χ0) is 38.2. The average Bonchev–Trinajstić information content (AvgIpc) is 3.07. The van der Waals surface area contributed by atoms with Gasteiger partial charge >= 0.3 is 11.9 Å². The highest BCUT2D eigenvalue weighted by Gasteiger charge is 2.30. The number of aromatic nitrogens is 1. The first-order valence-corrected chi connectivity index (χ1v) is 21.1. The van der Waals surface area contributed by atoms with Crippen molar-refractivity contribution >= 4 is 78.9 Å². The maximum atomic E-state index is 13.6. The molecule has 0 aromatic carbocycles. The minimum absolute atomic E-state index is 0.0100. The fraction of sp³-hybridized carbons (Fsp3) is 0.633. The molecule has 0 spiro atoms. The molecule has 288 valence electrons. The summed E-state index contributed by atoms with van der Waals surface area (Å²) in [6.07, 6.45) is 2.48. The van der Waals surface area contributed by atoms with Gasteiger partial charge in [0.05, 0.1) is 30.9 Å². The summed E-state index contributed by atoms with van der Waals surface area (Å²) >= 11 is 1.20. The molecular weight excluding hydrogens is 749 g/mol. The third-order valence-electron chi connectivity index (χ3n) is 6.89. The fourth-order valence-corrected chi connectivity index (χ4v) is 7.69. The molecule has 1 aromatic rings. The Balaban J connectivity index is 2.98. The minimum atomic E-state index is -4.15. The molecule has 21 heteroatoms. The molecule has 4 unspecified atom stereocenters. The predicted octanol–water partition coefficient (Wildman–Crippen LogP) is 0.392. The SMILES string of the molecule is CNC(CCC(=O)O)C(=O)NC(CCCCN)C(=O)NC(CSSc1ccccn1)C(=O)NC(CSCCC(=O)OCCCS(=O)(=O)O)C(C)=O. The second-order valence-electron chi connectivity index (χ2n) is 11.1. The number of rotatable bonds is 28. The third kappa shape index (κ3) is 21.9. The van der Waals surface area contributed by atoms with Gasteiger partial charge in [-0.2, -0.15) is 20.2 Å². The predicted molar refractivity (Wildman–Crippen MR) is 196 cm³/mol. The fourth-order valence-electron chi connectivity index (χ4n) is 4.11. The first kappa shape index (κ1) is 46.1. The number of hydrogen-bond acceptors (Lipinski definition) is 15. The molecule has 4 atom stereocenters. The van der Waals surface area contributed by atoms with Crippen LogP contribution in [0, 0.1) is 0 Å². The van der Waals surface area contributed by atoms with Crippen LogP contribution in [0.4, 0.5) is 0 Å². The molecule has 0 aliphatic heterocycles. The molecule has 0 aliphatic rings. The molecule has 0 radical (unpaired) electrons. The van der Waals surface area contributed by atoms with Gasteiger partial charge in [0.1, 0.15) is 17.1 Å². The lowest BCUT2D eigenvalue weighted by Crippen LogP contribution is -2.58. The van der Waals surface area contributed by atoms with E-state index in [1.165, 1.54) is 47.3 Å². The van der Waals surface area contributed by atoms with E-state index in [9.17, 15) is 37.2 Å². The second kappa shape index (κ2) is 25.9. The monoisotopic (exact) mass is 796 g/mol. The number of aliphatic carboxylic acids is 1. The summed E-state index contributed by atoms with van der Waals surface area (Å²) < 4.78 is 35.2. The maximum Gasteiger partial charge on any atom is 0.306 e. The van der Waals surface area contributed by atoms with Crippen LogP contribution in [0.5, 0.6) is 0 Å². The van der Waals surface area contributed by atoms with Gasteiger partial charge in [0.15, 0.2) is 5.78 Å². The summed E-state index contributed by atoms with van der Waals surface area (Å²) in [6, 6.07) is 1.26. The van der Waals surface area contributed by atoms with Crippen LogP contribution in [0.3, 0.4) is 0 Å². The van der Waals surface area contributed by atoms with Crippen molar-refractivity contribution in [3.05, 3.63) is 24.4 Å². The summed E-state index contributed by atoms with van der Waals surface area (Å²) in [7, 11) is -0.142.